The van der Waals surface area contributed by atoms with Crippen molar-refractivity contribution in [3.63, 3.8) is 0 Å². The Morgan fingerprint density at radius 2 is 2.04 bits per heavy atom. The average Bonchev–Trinajstić information content (AvgIpc) is 3.18. The first-order valence-electron chi connectivity index (χ1n) is 8.18. The molecule has 3 aromatic rings. The van der Waals surface area contributed by atoms with Crippen LogP contribution >= 0.6 is 11.6 Å². The van der Waals surface area contributed by atoms with Crippen LogP contribution in [0.3, 0.4) is 0 Å². The Bertz CT molecular complexity index is 1090. The number of nitrogens with one attached hydrogen (secondary N) is 2. The summed E-state index contributed by atoms with van der Waals surface area (Å²) < 4.78 is 46.8. The van der Waals surface area contributed by atoms with E-state index in [1.807, 2.05) is 6.92 Å². The standard InChI is InChI=1S/C17H18ClFN4O3S/c1-4-14-22-23-17(26-14)15-9(2)16(10(3)21-15)27(24,25)20-8-11-5-6-12(19)7-13(11)18/h5-7,20-21H,4,8H2,1-3H3. The minimum Gasteiger partial charge on any atom is -0.419 e. The molecule has 0 aliphatic heterocycles. The van der Waals surface area contributed by atoms with Gasteiger partial charge < -0.3 is 9.40 Å². The lowest BCUT2D eigenvalue weighted by Gasteiger charge is -2.09. The Hall–Kier alpha value is -2.23. The summed E-state index contributed by atoms with van der Waals surface area (Å²) in [4.78, 5) is 3.10. The van der Waals surface area contributed by atoms with E-state index in [9.17, 15) is 12.8 Å². The Balaban J connectivity index is 1.90. The first-order chi connectivity index (χ1) is 12.7. The zero-order valence-corrected chi connectivity index (χ0v) is 16.5. The van der Waals surface area contributed by atoms with Crippen molar-refractivity contribution in [1.29, 1.82) is 0 Å². The van der Waals surface area contributed by atoms with Crippen LogP contribution in [-0.2, 0) is 23.0 Å². The summed E-state index contributed by atoms with van der Waals surface area (Å²) in [6.45, 7) is 5.12. The number of nitrogens with zero attached hydrogens (tertiary/aromatic N) is 2. The zero-order valence-electron chi connectivity index (χ0n) is 14.9. The van der Waals surface area contributed by atoms with Crippen LogP contribution in [0.15, 0.2) is 27.5 Å². The lowest BCUT2D eigenvalue weighted by Crippen LogP contribution is -2.24. The van der Waals surface area contributed by atoms with Crippen LogP contribution < -0.4 is 4.72 Å². The lowest BCUT2D eigenvalue weighted by molar-refractivity contribution is 0.511. The molecule has 1 aromatic carbocycles. The van der Waals surface area contributed by atoms with Gasteiger partial charge in [0, 0.05) is 23.7 Å². The minimum absolute atomic E-state index is 0.0681. The van der Waals surface area contributed by atoms with Crippen molar-refractivity contribution in [1.82, 2.24) is 19.9 Å². The van der Waals surface area contributed by atoms with E-state index in [4.69, 9.17) is 16.0 Å². The van der Waals surface area contributed by atoms with E-state index in [0.717, 1.165) is 6.07 Å². The predicted octanol–water partition coefficient (Wildman–Crippen LogP) is 3.51. The molecule has 144 valence electrons. The first-order valence-corrected chi connectivity index (χ1v) is 10.0. The van der Waals surface area contributed by atoms with Gasteiger partial charge in [-0.15, -0.1) is 10.2 Å². The Labute approximate surface area is 161 Å². The smallest absolute Gasteiger partial charge is 0.264 e. The molecule has 0 aliphatic carbocycles. The maximum absolute atomic E-state index is 13.1. The fourth-order valence-electron chi connectivity index (χ4n) is 2.76. The predicted molar refractivity (Wildman–Crippen MR) is 98.4 cm³/mol. The van der Waals surface area contributed by atoms with Gasteiger partial charge in [-0.1, -0.05) is 24.6 Å². The number of hydrogen-bond donors (Lipinski definition) is 2. The monoisotopic (exact) mass is 412 g/mol. The van der Waals surface area contributed by atoms with Crippen molar-refractivity contribution in [3.05, 3.63) is 51.8 Å². The second-order valence-electron chi connectivity index (χ2n) is 5.99. The largest absolute Gasteiger partial charge is 0.419 e. The minimum atomic E-state index is -3.86. The summed E-state index contributed by atoms with van der Waals surface area (Å²) >= 11 is 5.96. The normalized spacial score (nSPS) is 11.9. The van der Waals surface area contributed by atoms with Gasteiger partial charge in [0.2, 0.25) is 15.9 Å². The zero-order chi connectivity index (χ0) is 19.8. The molecule has 0 fully saturated rings. The van der Waals surface area contributed by atoms with Gasteiger partial charge in [0.1, 0.15) is 16.4 Å². The fraction of sp³-hybridized carbons (Fsp3) is 0.294. The molecule has 2 heterocycles. The SMILES string of the molecule is CCc1nnc(-c2[nH]c(C)c(S(=O)(=O)NCc3ccc(F)cc3Cl)c2C)o1. The topological polar surface area (TPSA) is 101 Å². The average molecular weight is 413 g/mol. The van der Waals surface area contributed by atoms with Crippen LogP contribution in [0.2, 0.25) is 5.02 Å². The van der Waals surface area contributed by atoms with Gasteiger partial charge in [-0.05, 0) is 37.1 Å². The van der Waals surface area contributed by atoms with Crippen LogP contribution in [-0.4, -0.2) is 23.6 Å². The molecule has 0 aliphatic rings. The number of halogens is 2. The Morgan fingerprint density at radius 1 is 1.30 bits per heavy atom. The van der Waals surface area contributed by atoms with Crippen LogP contribution in [0, 0.1) is 19.7 Å². The van der Waals surface area contributed by atoms with Crippen molar-refractivity contribution in [2.75, 3.05) is 0 Å². The second kappa shape index (κ2) is 7.41. The van der Waals surface area contributed by atoms with E-state index in [2.05, 4.69) is 19.9 Å². The number of rotatable bonds is 6. The highest BCUT2D eigenvalue weighted by atomic mass is 35.5. The molecule has 2 N–H and O–H groups in total. The van der Waals surface area contributed by atoms with Gasteiger partial charge in [0.25, 0.3) is 5.89 Å². The van der Waals surface area contributed by atoms with Crippen molar-refractivity contribution in [2.45, 2.75) is 38.6 Å². The van der Waals surface area contributed by atoms with E-state index >= 15 is 0 Å². The van der Waals surface area contributed by atoms with Crippen molar-refractivity contribution in [3.8, 4) is 11.6 Å². The molecule has 0 saturated heterocycles. The highest BCUT2D eigenvalue weighted by molar-refractivity contribution is 7.89. The second-order valence-corrected chi connectivity index (χ2v) is 8.10. The molecule has 0 spiro atoms. The maximum atomic E-state index is 13.1. The molecule has 0 unspecified atom stereocenters. The molecule has 10 heteroatoms. The molecule has 0 amide bonds. The van der Waals surface area contributed by atoms with Gasteiger partial charge in [-0.25, -0.2) is 17.5 Å². The number of aromatic amines is 1. The van der Waals surface area contributed by atoms with E-state index in [1.54, 1.807) is 13.8 Å². The summed E-state index contributed by atoms with van der Waals surface area (Å²) in [7, 11) is -3.86. The third kappa shape index (κ3) is 3.90. The van der Waals surface area contributed by atoms with Gasteiger partial charge in [-0.3, -0.25) is 0 Å². The third-order valence-corrected chi connectivity index (χ3v) is 6.11. The summed E-state index contributed by atoms with van der Waals surface area (Å²) in [6, 6.07) is 3.80. The van der Waals surface area contributed by atoms with Crippen molar-refractivity contribution in [2.24, 2.45) is 0 Å². The van der Waals surface area contributed by atoms with Crippen LogP contribution in [0.4, 0.5) is 4.39 Å². The number of aryl methyl sites for hydroxylation is 2. The van der Waals surface area contributed by atoms with Gasteiger partial charge >= 0.3 is 0 Å². The summed E-state index contributed by atoms with van der Waals surface area (Å²) in [5, 5.41) is 8.00. The summed E-state index contributed by atoms with van der Waals surface area (Å²) in [5.41, 5.74) is 1.84. The van der Waals surface area contributed by atoms with Crippen LogP contribution in [0.25, 0.3) is 11.6 Å². The molecule has 7 nitrogen and oxygen atoms in total. The highest BCUT2D eigenvalue weighted by Gasteiger charge is 2.26. The Kier molecular flexibility index (Phi) is 5.36. The number of H-pyrrole nitrogens is 1. The highest BCUT2D eigenvalue weighted by Crippen LogP contribution is 2.30. The third-order valence-electron chi connectivity index (χ3n) is 4.09. The first kappa shape index (κ1) is 19.5. The van der Waals surface area contributed by atoms with Gasteiger partial charge in [-0.2, -0.15) is 0 Å². The molecular formula is C17H18ClFN4O3S. The molecule has 0 radical (unpaired) electrons. The molecule has 3 rings (SSSR count). The van der Waals surface area contributed by atoms with Gasteiger partial charge in [0.05, 0.1) is 0 Å². The van der Waals surface area contributed by atoms with Crippen LogP contribution in [0.5, 0.6) is 0 Å². The number of sulfonamides is 1. The van der Waals surface area contributed by atoms with Gasteiger partial charge in [0.15, 0.2) is 0 Å². The van der Waals surface area contributed by atoms with Crippen LogP contribution in [0.1, 0.15) is 29.6 Å². The number of hydrogen-bond acceptors (Lipinski definition) is 5. The molecule has 0 atom stereocenters. The van der Waals surface area contributed by atoms with E-state index in [0.29, 0.717) is 34.8 Å². The Morgan fingerprint density at radius 3 is 2.67 bits per heavy atom. The molecule has 27 heavy (non-hydrogen) atoms. The molecule has 0 bridgehead atoms. The summed E-state index contributed by atoms with van der Waals surface area (Å²) in [6.07, 6.45) is 0.580. The number of aromatic nitrogens is 3. The summed E-state index contributed by atoms with van der Waals surface area (Å²) in [5.74, 6) is 0.209. The fourth-order valence-corrected chi connectivity index (χ4v) is 4.44. The van der Waals surface area contributed by atoms with E-state index in [1.165, 1.54) is 12.1 Å². The van der Waals surface area contributed by atoms with Crippen molar-refractivity contribution >= 4 is 21.6 Å². The van der Waals surface area contributed by atoms with Crippen molar-refractivity contribution < 1.29 is 17.2 Å². The van der Waals surface area contributed by atoms with E-state index < -0.39 is 15.8 Å². The van der Waals surface area contributed by atoms with E-state index in [-0.39, 0.29) is 22.4 Å². The molecule has 0 saturated carbocycles. The molecule has 2 aromatic heterocycles. The lowest BCUT2D eigenvalue weighted by atomic mass is 10.2. The molecular weight excluding hydrogens is 395 g/mol. The maximum Gasteiger partial charge on any atom is 0.264 e. The number of benzene rings is 1. The quantitative estimate of drug-likeness (QED) is 0.645.